The highest BCUT2D eigenvalue weighted by atomic mass is 32.1. The Hall–Kier alpha value is -1.63. The van der Waals surface area contributed by atoms with Crippen molar-refractivity contribution < 1.29 is 19.4 Å². The Bertz CT molecular complexity index is 425. The summed E-state index contributed by atoms with van der Waals surface area (Å²) in [4.78, 5) is 26.5. The average molecular weight is 286 g/mol. The zero-order valence-electron chi connectivity index (χ0n) is 11.2. The maximum atomic E-state index is 11.4. The second-order valence-corrected chi connectivity index (χ2v) is 5.90. The van der Waals surface area contributed by atoms with Crippen molar-refractivity contribution in [2.24, 2.45) is 0 Å². The van der Waals surface area contributed by atoms with E-state index in [1.165, 1.54) is 11.3 Å². The van der Waals surface area contributed by atoms with Gasteiger partial charge in [-0.25, -0.2) is 9.78 Å². The van der Waals surface area contributed by atoms with Crippen LogP contribution in [0.1, 0.15) is 38.1 Å². The molecule has 2 N–H and O–H groups in total. The van der Waals surface area contributed by atoms with E-state index in [0.29, 0.717) is 5.01 Å². The van der Waals surface area contributed by atoms with Gasteiger partial charge in [0.05, 0.1) is 0 Å². The van der Waals surface area contributed by atoms with Crippen LogP contribution in [0.5, 0.6) is 0 Å². The number of aliphatic carboxylic acids is 1. The molecular formula is C12H18N2O4S. The van der Waals surface area contributed by atoms with Crippen LogP contribution in [0.2, 0.25) is 0 Å². The third-order valence-electron chi connectivity index (χ3n) is 2.15. The zero-order valence-corrected chi connectivity index (χ0v) is 12.0. The zero-order chi connectivity index (χ0) is 14.5. The van der Waals surface area contributed by atoms with Crippen molar-refractivity contribution in [3.05, 3.63) is 16.6 Å². The molecule has 0 aromatic carbocycles. The Balaban J connectivity index is 2.42. The Kier molecular flexibility index (Phi) is 5.29. The van der Waals surface area contributed by atoms with E-state index in [-0.39, 0.29) is 13.0 Å². The maximum absolute atomic E-state index is 11.4. The van der Waals surface area contributed by atoms with Crippen LogP contribution in [0.15, 0.2) is 11.6 Å². The molecule has 1 aromatic heterocycles. The summed E-state index contributed by atoms with van der Waals surface area (Å²) in [5.41, 5.74) is -0.564. The number of nitrogens with one attached hydrogen (secondary N) is 1. The molecule has 1 atom stereocenters. The van der Waals surface area contributed by atoms with Gasteiger partial charge in [0.2, 0.25) is 0 Å². The van der Waals surface area contributed by atoms with Gasteiger partial charge in [0.25, 0.3) is 0 Å². The van der Waals surface area contributed by atoms with Crippen molar-refractivity contribution in [1.29, 1.82) is 0 Å². The quantitative estimate of drug-likeness (QED) is 0.866. The SMILES string of the molecule is CC(C)(C)OC(=O)NCCC(C(=O)O)c1nccs1. The van der Waals surface area contributed by atoms with Crippen molar-refractivity contribution in [1.82, 2.24) is 10.3 Å². The first-order valence-electron chi connectivity index (χ1n) is 5.88. The van der Waals surface area contributed by atoms with Gasteiger partial charge in [0, 0.05) is 18.1 Å². The summed E-state index contributed by atoms with van der Waals surface area (Å²) in [5.74, 6) is -1.64. The Morgan fingerprint density at radius 3 is 2.68 bits per heavy atom. The van der Waals surface area contributed by atoms with Gasteiger partial charge in [0.1, 0.15) is 16.5 Å². The molecule has 106 valence electrons. The predicted octanol–water partition coefficient (Wildman–Crippen LogP) is 2.23. The molecule has 0 bridgehead atoms. The van der Waals surface area contributed by atoms with Gasteiger partial charge >= 0.3 is 12.1 Å². The number of hydrogen-bond acceptors (Lipinski definition) is 5. The second kappa shape index (κ2) is 6.51. The fourth-order valence-corrected chi connectivity index (χ4v) is 2.16. The van der Waals surface area contributed by atoms with Crippen LogP contribution >= 0.6 is 11.3 Å². The van der Waals surface area contributed by atoms with Crippen molar-refractivity contribution in [3.63, 3.8) is 0 Å². The number of amides is 1. The maximum Gasteiger partial charge on any atom is 0.407 e. The molecule has 19 heavy (non-hydrogen) atoms. The first-order valence-corrected chi connectivity index (χ1v) is 6.76. The van der Waals surface area contributed by atoms with Gasteiger partial charge in [-0.1, -0.05) is 0 Å². The fourth-order valence-electron chi connectivity index (χ4n) is 1.39. The number of carbonyl (C=O) groups is 2. The summed E-state index contributed by atoms with van der Waals surface area (Å²) < 4.78 is 5.06. The van der Waals surface area contributed by atoms with Crippen LogP contribution in [0.3, 0.4) is 0 Å². The number of carbonyl (C=O) groups excluding carboxylic acids is 1. The van der Waals surface area contributed by atoms with Crippen molar-refractivity contribution >= 4 is 23.4 Å². The van der Waals surface area contributed by atoms with E-state index in [2.05, 4.69) is 10.3 Å². The highest BCUT2D eigenvalue weighted by Crippen LogP contribution is 2.21. The lowest BCUT2D eigenvalue weighted by atomic mass is 10.1. The number of aromatic nitrogens is 1. The number of carboxylic acids is 1. The van der Waals surface area contributed by atoms with E-state index in [1.54, 1.807) is 32.3 Å². The number of carboxylic acid groups (broad SMARTS) is 1. The lowest BCUT2D eigenvalue weighted by molar-refractivity contribution is -0.139. The average Bonchev–Trinajstić information content (AvgIpc) is 2.74. The van der Waals surface area contributed by atoms with E-state index in [0.717, 1.165) is 0 Å². The van der Waals surface area contributed by atoms with E-state index in [9.17, 15) is 9.59 Å². The third kappa shape index (κ3) is 5.69. The van der Waals surface area contributed by atoms with Gasteiger partial charge in [-0.3, -0.25) is 4.79 Å². The minimum atomic E-state index is -0.944. The summed E-state index contributed by atoms with van der Waals surface area (Å²) in [6.07, 6.45) is 1.30. The first-order chi connectivity index (χ1) is 8.79. The van der Waals surface area contributed by atoms with Crippen LogP contribution in [0.4, 0.5) is 4.79 Å². The Morgan fingerprint density at radius 2 is 2.21 bits per heavy atom. The Morgan fingerprint density at radius 1 is 1.53 bits per heavy atom. The van der Waals surface area contributed by atoms with E-state index >= 15 is 0 Å². The minimum Gasteiger partial charge on any atom is -0.481 e. The number of hydrogen-bond donors (Lipinski definition) is 2. The molecule has 1 unspecified atom stereocenters. The number of ether oxygens (including phenoxy) is 1. The summed E-state index contributed by atoms with van der Waals surface area (Å²) in [6, 6.07) is 0. The minimum absolute atomic E-state index is 0.228. The van der Waals surface area contributed by atoms with Crippen LogP contribution in [0.25, 0.3) is 0 Å². The molecule has 1 rings (SSSR count). The van der Waals surface area contributed by atoms with Crippen molar-refractivity contribution in [2.45, 2.75) is 38.7 Å². The molecule has 0 saturated carbocycles. The van der Waals surface area contributed by atoms with Crippen molar-refractivity contribution in [3.8, 4) is 0 Å². The molecule has 1 heterocycles. The fraction of sp³-hybridized carbons (Fsp3) is 0.583. The van der Waals surface area contributed by atoms with E-state index in [1.807, 2.05) is 0 Å². The van der Waals surface area contributed by atoms with E-state index in [4.69, 9.17) is 9.84 Å². The van der Waals surface area contributed by atoms with Crippen LogP contribution in [-0.2, 0) is 9.53 Å². The molecule has 6 nitrogen and oxygen atoms in total. The number of rotatable bonds is 5. The van der Waals surface area contributed by atoms with Gasteiger partial charge in [-0.05, 0) is 27.2 Å². The molecular weight excluding hydrogens is 268 g/mol. The number of alkyl carbamates (subject to hydrolysis) is 1. The largest absolute Gasteiger partial charge is 0.481 e. The lowest BCUT2D eigenvalue weighted by Crippen LogP contribution is -2.33. The second-order valence-electron chi connectivity index (χ2n) is 4.98. The summed E-state index contributed by atoms with van der Waals surface area (Å²) in [5, 5.41) is 13.9. The normalized spacial score (nSPS) is 12.8. The number of nitrogens with zero attached hydrogens (tertiary/aromatic N) is 1. The predicted molar refractivity (Wildman–Crippen MR) is 71.3 cm³/mol. The topological polar surface area (TPSA) is 88.5 Å². The van der Waals surface area contributed by atoms with E-state index < -0.39 is 23.6 Å². The molecule has 0 spiro atoms. The Labute approximate surface area is 115 Å². The summed E-state index contributed by atoms with van der Waals surface area (Å²) >= 11 is 1.29. The molecule has 0 radical (unpaired) electrons. The first kappa shape index (κ1) is 15.4. The molecule has 0 aliphatic carbocycles. The van der Waals surface area contributed by atoms with Gasteiger partial charge in [-0.15, -0.1) is 11.3 Å². The summed E-state index contributed by atoms with van der Waals surface area (Å²) in [6.45, 7) is 5.53. The van der Waals surface area contributed by atoms with Crippen LogP contribution in [-0.4, -0.2) is 34.3 Å². The third-order valence-corrected chi connectivity index (χ3v) is 3.04. The molecule has 0 aliphatic heterocycles. The smallest absolute Gasteiger partial charge is 0.407 e. The van der Waals surface area contributed by atoms with Gasteiger partial charge < -0.3 is 15.2 Å². The van der Waals surface area contributed by atoms with Crippen LogP contribution < -0.4 is 5.32 Å². The molecule has 0 fully saturated rings. The van der Waals surface area contributed by atoms with Gasteiger partial charge in [0.15, 0.2) is 0 Å². The van der Waals surface area contributed by atoms with Crippen LogP contribution in [0, 0.1) is 0 Å². The summed E-state index contributed by atoms with van der Waals surface area (Å²) in [7, 11) is 0. The highest BCUT2D eigenvalue weighted by Gasteiger charge is 2.23. The van der Waals surface area contributed by atoms with Gasteiger partial charge in [-0.2, -0.15) is 0 Å². The molecule has 7 heteroatoms. The highest BCUT2D eigenvalue weighted by molar-refractivity contribution is 7.09. The molecule has 0 saturated heterocycles. The monoisotopic (exact) mass is 286 g/mol. The number of thiazole rings is 1. The molecule has 1 amide bonds. The van der Waals surface area contributed by atoms with Crippen molar-refractivity contribution in [2.75, 3.05) is 6.54 Å². The molecule has 1 aromatic rings. The standard InChI is InChI=1S/C12H18N2O4S/c1-12(2,3)18-11(17)14-5-4-8(10(15)16)9-13-6-7-19-9/h6-8H,4-5H2,1-3H3,(H,14,17)(H,15,16). The molecule has 0 aliphatic rings. The lowest BCUT2D eigenvalue weighted by Gasteiger charge is -2.20.